The number of aliphatic hydroxyl groups is 1. The van der Waals surface area contributed by atoms with Gasteiger partial charge in [-0.2, -0.15) is 0 Å². The summed E-state index contributed by atoms with van der Waals surface area (Å²) in [6.45, 7) is 2.64. The molecular formula is C17H24ClFN2O3. The minimum absolute atomic E-state index is 0. The van der Waals surface area contributed by atoms with Gasteiger partial charge in [0.05, 0.1) is 11.5 Å². The van der Waals surface area contributed by atoms with Gasteiger partial charge in [0.2, 0.25) is 5.91 Å². The highest BCUT2D eigenvalue weighted by Crippen LogP contribution is 2.35. The van der Waals surface area contributed by atoms with E-state index in [2.05, 4.69) is 10.6 Å². The molecule has 0 bridgehead atoms. The number of hydrogen-bond acceptors (Lipinski definition) is 4. The van der Waals surface area contributed by atoms with Crippen molar-refractivity contribution in [1.82, 2.24) is 10.6 Å². The first-order valence-electron chi connectivity index (χ1n) is 8.13. The van der Waals surface area contributed by atoms with Crippen molar-refractivity contribution in [3.8, 4) is 0 Å². The van der Waals surface area contributed by atoms with Gasteiger partial charge in [0.25, 0.3) is 0 Å². The van der Waals surface area contributed by atoms with Crippen LogP contribution in [0.4, 0.5) is 4.39 Å². The van der Waals surface area contributed by atoms with Crippen molar-refractivity contribution in [2.24, 2.45) is 5.92 Å². The maximum absolute atomic E-state index is 13.6. The fraction of sp³-hybridized carbons (Fsp3) is 0.588. The van der Waals surface area contributed by atoms with Crippen LogP contribution in [0.5, 0.6) is 0 Å². The highest BCUT2D eigenvalue weighted by molar-refractivity contribution is 5.88. The smallest absolute Gasteiger partial charge is 0.230 e. The molecule has 24 heavy (non-hydrogen) atoms. The zero-order valence-corrected chi connectivity index (χ0v) is 14.3. The summed E-state index contributed by atoms with van der Waals surface area (Å²) in [6.07, 6.45) is 0.636. The normalized spacial score (nSPS) is 25.8. The third-order valence-electron chi connectivity index (χ3n) is 4.99. The molecule has 2 heterocycles. The SMILES string of the molecule is Cl.O=C(NCC1CNCC1O)C1(c2cccc(F)c2)CCOCC1. The Hall–Kier alpha value is -1.21. The zero-order valence-electron chi connectivity index (χ0n) is 13.5. The molecule has 2 fully saturated rings. The molecule has 0 spiro atoms. The maximum Gasteiger partial charge on any atom is 0.230 e. The van der Waals surface area contributed by atoms with Gasteiger partial charge >= 0.3 is 0 Å². The van der Waals surface area contributed by atoms with E-state index in [1.165, 1.54) is 12.1 Å². The predicted molar refractivity (Wildman–Crippen MR) is 90.8 cm³/mol. The molecule has 2 atom stereocenters. The van der Waals surface area contributed by atoms with E-state index in [9.17, 15) is 14.3 Å². The number of benzene rings is 1. The van der Waals surface area contributed by atoms with E-state index >= 15 is 0 Å². The van der Waals surface area contributed by atoms with Crippen molar-refractivity contribution < 1.29 is 19.0 Å². The fourth-order valence-corrected chi connectivity index (χ4v) is 3.47. The molecule has 2 unspecified atom stereocenters. The van der Waals surface area contributed by atoms with Crippen molar-refractivity contribution in [1.29, 1.82) is 0 Å². The van der Waals surface area contributed by atoms with Gasteiger partial charge in [0, 0.05) is 38.8 Å². The standard InChI is InChI=1S/C17H23FN2O3.ClH/c18-14-3-1-2-13(8-14)17(4-6-23-7-5-17)16(22)20-10-12-9-19-11-15(12)21;/h1-3,8,12,15,19,21H,4-7,9-11H2,(H,20,22);1H. The molecule has 0 saturated carbocycles. The van der Waals surface area contributed by atoms with Crippen LogP contribution >= 0.6 is 12.4 Å². The molecule has 7 heteroatoms. The van der Waals surface area contributed by atoms with Crippen LogP contribution in [0.1, 0.15) is 18.4 Å². The van der Waals surface area contributed by atoms with Gasteiger partial charge < -0.3 is 20.5 Å². The number of amides is 1. The average Bonchev–Trinajstić information content (AvgIpc) is 2.98. The van der Waals surface area contributed by atoms with Crippen molar-refractivity contribution in [3.63, 3.8) is 0 Å². The summed E-state index contributed by atoms with van der Waals surface area (Å²) in [4.78, 5) is 12.9. The number of carbonyl (C=O) groups excluding carboxylic acids is 1. The number of rotatable bonds is 4. The highest BCUT2D eigenvalue weighted by Gasteiger charge is 2.42. The minimum atomic E-state index is -0.753. The molecule has 1 aromatic rings. The molecule has 5 nitrogen and oxygen atoms in total. The Kier molecular flexibility index (Phi) is 6.57. The molecule has 134 valence electrons. The highest BCUT2D eigenvalue weighted by atomic mass is 35.5. The zero-order chi connectivity index (χ0) is 16.3. The summed E-state index contributed by atoms with van der Waals surface area (Å²) in [5.74, 6) is -0.426. The molecule has 3 N–H and O–H groups in total. The second-order valence-electron chi connectivity index (χ2n) is 6.40. The van der Waals surface area contributed by atoms with Crippen molar-refractivity contribution in [2.75, 3.05) is 32.8 Å². The van der Waals surface area contributed by atoms with Gasteiger partial charge in [-0.25, -0.2) is 4.39 Å². The molecule has 2 aliphatic rings. The van der Waals surface area contributed by atoms with Crippen LogP contribution in [0, 0.1) is 11.7 Å². The second kappa shape index (κ2) is 8.25. The number of aliphatic hydroxyl groups excluding tert-OH is 1. The third kappa shape index (κ3) is 3.88. The molecule has 2 saturated heterocycles. The van der Waals surface area contributed by atoms with E-state index in [1.807, 2.05) is 0 Å². The first kappa shape index (κ1) is 19.1. The second-order valence-corrected chi connectivity index (χ2v) is 6.40. The summed E-state index contributed by atoms with van der Waals surface area (Å²) in [7, 11) is 0. The van der Waals surface area contributed by atoms with Crippen molar-refractivity contribution >= 4 is 18.3 Å². The predicted octanol–water partition coefficient (Wildman–Crippen LogP) is 0.992. The van der Waals surface area contributed by atoms with Gasteiger partial charge in [0.15, 0.2) is 0 Å². The summed E-state index contributed by atoms with van der Waals surface area (Å²) in [5, 5.41) is 15.9. The fourth-order valence-electron chi connectivity index (χ4n) is 3.47. The molecular weight excluding hydrogens is 335 g/mol. The first-order chi connectivity index (χ1) is 11.1. The van der Waals surface area contributed by atoms with Crippen LogP contribution in [-0.2, 0) is 14.9 Å². The lowest BCUT2D eigenvalue weighted by molar-refractivity contribution is -0.130. The van der Waals surface area contributed by atoms with E-state index in [4.69, 9.17) is 4.74 Å². The van der Waals surface area contributed by atoms with Gasteiger partial charge in [0.1, 0.15) is 5.82 Å². The monoisotopic (exact) mass is 358 g/mol. The molecule has 3 rings (SSSR count). The number of nitrogens with one attached hydrogen (secondary N) is 2. The third-order valence-corrected chi connectivity index (χ3v) is 4.99. The first-order valence-corrected chi connectivity index (χ1v) is 8.13. The van der Waals surface area contributed by atoms with Crippen molar-refractivity contribution in [3.05, 3.63) is 35.6 Å². The largest absolute Gasteiger partial charge is 0.391 e. The minimum Gasteiger partial charge on any atom is -0.391 e. The molecule has 1 aromatic carbocycles. The topological polar surface area (TPSA) is 70.6 Å². The lowest BCUT2D eigenvalue weighted by Crippen LogP contribution is -2.49. The van der Waals surface area contributed by atoms with E-state index in [-0.39, 0.29) is 30.0 Å². The van der Waals surface area contributed by atoms with Crippen LogP contribution in [0.15, 0.2) is 24.3 Å². The van der Waals surface area contributed by atoms with Crippen LogP contribution < -0.4 is 10.6 Å². The summed E-state index contributed by atoms with van der Waals surface area (Å²) < 4.78 is 19.0. The number of ether oxygens (including phenoxy) is 1. The summed E-state index contributed by atoms with van der Waals surface area (Å²) >= 11 is 0. The van der Waals surface area contributed by atoms with Crippen LogP contribution in [0.2, 0.25) is 0 Å². The van der Waals surface area contributed by atoms with Gasteiger partial charge in [-0.3, -0.25) is 4.79 Å². The summed E-state index contributed by atoms with van der Waals surface area (Å²) in [5.41, 5.74) is -0.0551. The lowest BCUT2D eigenvalue weighted by Gasteiger charge is -2.36. The van der Waals surface area contributed by atoms with E-state index in [0.29, 0.717) is 51.3 Å². The quantitative estimate of drug-likeness (QED) is 0.750. The number of halogens is 2. The Morgan fingerprint density at radius 3 is 2.75 bits per heavy atom. The lowest BCUT2D eigenvalue weighted by atomic mass is 9.73. The van der Waals surface area contributed by atoms with Gasteiger partial charge in [-0.05, 0) is 30.5 Å². The average molecular weight is 359 g/mol. The number of carbonyl (C=O) groups is 1. The maximum atomic E-state index is 13.6. The summed E-state index contributed by atoms with van der Waals surface area (Å²) in [6, 6.07) is 6.27. The molecule has 2 aliphatic heterocycles. The van der Waals surface area contributed by atoms with E-state index in [1.54, 1.807) is 12.1 Å². The van der Waals surface area contributed by atoms with Gasteiger partial charge in [-0.1, -0.05) is 12.1 Å². The molecule has 1 amide bonds. The van der Waals surface area contributed by atoms with Crippen molar-refractivity contribution in [2.45, 2.75) is 24.4 Å². The van der Waals surface area contributed by atoms with E-state index in [0.717, 1.165) is 0 Å². The Labute approximate surface area is 147 Å². The Bertz CT molecular complexity index is 567. The number of hydrogen-bond donors (Lipinski definition) is 3. The molecule has 0 radical (unpaired) electrons. The van der Waals surface area contributed by atoms with Crippen LogP contribution in [0.3, 0.4) is 0 Å². The van der Waals surface area contributed by atoms with Gasteiger partial charge in [-0.15, -0.1) is 12.4 Å². The number of β-amino-alcohol motifs (C(OH)–C–C–N with tert-alkyl or cyclic N) is 1. The van der Waals surface area contributed by atoms with Crippen LogP contribution in [-0.4, -0.2) is 50.0 Å². The van der Waals surface area contributed by atoms with E-state index < -0.39 is 11.5 Å². The van der Waals surface area contributed by atoms with Crippen LogP contribution in [0.25, 0.3) is 0 Å². The Morgan fingerprint density at radius 2 is 2.12 bits per heavy atom. The Morgan fingerprint density at radius 1 is 1.38 bits per heavy atom. The Balaban J connectivity index is 0.00000208. The molecule has 0 aliphatic carbocycles. The molecule has 0 aromatic heterocycles.